The molecule has 0 aromatic carbocycles. The molecule has 8 nitrogen and oxygen atoms in total. The van der Waals surface area contributed by atoms with Gasteiger partial charge in [0, 0.05) is 62.6 Å². The molecule has 2 aromatic rings. The number of hydrogen-bond donors (Lipinski definition) is 1. The largest absolute Gasteiger partial charge is 0.351 e. The van der Waals surface area contributed by atoms with Gasteiger partial charge in [-0.05, 0) is 26.0 Å². The summed E-state index contributed by atoms with van der Waals surface area (Å²) < 4.78 is 1.53. The van der Waals surface area contributed by atoms with Crippen molar-refractivity contribution < 1.29 is 4.79 Å². The lowest BCUT2D eigenvalue weighted by Crippen LogP contribution is -2.32. The van der Waals surface area contributed by atoms with Crippen LogP contribution in [0.2, 0.25) is 0 Å². The monoisotopic (exact) mass is 342 g/mol. The van der Waals surface area contributed by atoms with E-state index in [1.807, 2.05) is 27.1 Å². The maximum Gasteiger partial charge on any atom is 0.348 e. The molecule has 8 heteroatoms. The fourth-order valence-electron chi connectivity index (χ4n) is 2.22. The van der Waals surface area contributed by atoms with Gasteiger partial charge in [-0.25, -0.2) is 14.8 Å². The Kier molecular flexibility index (Phi) is 5.99. The number of carbonyl (C=O) groups is 1. The van der Waals surface area contributed by atoms with Crippen molar-refractivity contribution in [3.63, 3.8) is 0 Å². The third-order valence-corrected chi connectivity index (χ3v) is 3.47. The van der Waals surface area contributed by atoms with E-state index < -0.39 is 0 Å². The minimum Gasteiger partial charge on any atom is -0.351 e. The van der Waals surface area contributed by atoms with Gasteiger partial charge in [0.05, 0.1) is 0 Å². The number of amides is 1. The maximum atomic E-state index is 11.9. The molecule has 0 radical (unpaired) electrons. The number of hydrogen-bond acceptors (Lipinski definition) is 6. The van der Waals surface area contributed by atoms with E-state index in [2.05, 4.69) is 20.3 Å². The van der Waals surface area contributed by atoms with E-state index in [0.717, 1.165) is 11.3 Å². The Labute approximate surface area is 146 Å². The highest BCUT2D eigenvalue weighted by Gasteiger charge is 2.03. The van der Waals surface area contributed by atoms with E-state index in [0.29, 0.717) is 24.7 Å². The molecule has 2 rings (SSSR count). The minimum atomic E-state index is -0.305. The maximum absolute atomic E-state index is 11.9. The molecule has 1 N–H and O–H groups in total. The first kappa shape index (κ1) is 18.3. The molecule has 0 fully saturated rings. The van der Waals surface area contributed by atoms with Gasteiger partial charge < -0.3 is 10.2 Å². The molecule has 0 aliphatic carbocycles. The molecule has 132 valence electrons. The van der Waals surface area contributed by atoms with Crippen molar-refractivity contribution in [1.82, 2.24) is 24.8 Å². The van der Waals surface area contributed by atoms with E-state index in [9.17, 15) is 9.59 Å². The van der Waals surface area contributed by atoms with E-state index in [4.69, 9.17) is 0 Å². The highest BCUT2D eigenvalue weighted by Crippen LogP contribution is 2.04. The highest BCUT2D eigenvalue weighted by atomic mass is 16.2. The topological polar surface area (TPSA) is 93.0 Å². The van der Waals surface area contributed by atoms with Crippen molar-refractivity contribution >= 4 is 17.9 Å². The van der Waals surface area contributed by atoms with Crippen LogP contribution in [0.5, 0.6) is 0 Å². The summed E-state index contributed by atoms with van der Waals surface area (Å²) in [5, 5.41) is 2.74. The van der Waals surface area contributed by atoms with Gasteiger partial charge in [-0.15, -0.1) is 0 Å². The van der Waals surface area contributed by atoms with E-state index in [1.165, 1.54) is 10.6 Å². The van der Waals surface area contributed by atoms with Gasteiger partial charge in [-0.1, -0.05) is 0 Å². The number of nitrogens with one attached hydrogen (secondary N) is 1. The zero-order chi connectivity index (χ0) is 18.4. The number of carbonyl (C=O) groups excluding carboxylic acids is 1. The lowest BCUT2D eigenvalue weighted by molar-refractivity contribution is -0.116. The molecular weight excluding hydrogens is 320 g/mol. The smallest absolute Gasteiger partial charge is 0.348 e. The fourth-order valence-corrected chi connectivity index (χ4v) is 2.22. The van der Waals surface area contributed by atoms with Crippen molar-refractivity contribution in [2.45, 2.75) is 20.4 Å². The lowest BCUT2D eigenvalue weighted by Gasteiger charge is -2.10. The average Bonchev–Trinajstić information content (AvgIpc) is 2.55. The van der Waals surface area contributed by atoms with Gasteiger partial charge in [0.25, 0.3) is 0 Å². The summed E-state index contributed by atoms with van der Waals surface area (Å²) in [4.78, 5) is 37.7. The second kappa shape index (κ2) is 8.18. The molecule has 0 saturated heterocycles. The van der Waals surface area contributed by atoms with Crippen LogP contribution in [0.4, 0.5) is 5.95 Å². The second-order valence-corrected chi connectivity index (χ2v) is 5.81. The molecule has 0 aliphatic rings. The van der Waals surface area contributed by atoms with Crippen LogP contribution in [-0.2, 0) is 11.3 Å². The highest BCUT2D eigenvalue weighted by molar-refractivity contribution is 5.91. The summed E-state index contributed by atoms with van der Waals surface area (Å²) >= 11 is 0. The van der Waals surface area contributed by atoms with Gasteiger partial charge in [0.1, 0.15) is 0 Å². The zero-order valence-corrected chi connectivity index (χ0v) is 14.9. The molecule has 0 spiro atoms. The summed E-state index contributed by atoms with van der Waals surface area (Å²) in [6.07, 6.45) is 6.34. The van der Waals surface area contributed by atoms with Crippen molar-refractivity contribution in [1.29, 1.82) is 0 Å². The van der Waals surface area contributed by atoms with Gasteiger partial charge in [0.2, 0.25) is 11.9 Å². The van der Waals surface area contributed by atoms with Crippen LogP contribution in [0.3, 0.4) is 0 Å². The molecule has 25 heavy (non-hydrogen) atoms. The normalized spacial score (nSPS) is 10.9. The Bertz CT molecular complexity index is 824. The molecule has 0 bridgehead atoms. The predicted octanol–water partition coefficient (Wildman–Crippen LogP) is 0.546. The number of anilines is 1. The van der Waals surface area contributed by atoms with Crippen LogP contribution in [0.25, 0.3) is 6.08 Å². The number of rotatable bonds is 6. The SMILES string of the molecule is Cc1cc(C)n(CCNC(=O)C=Cc2cnc(N(C)C)nc2)c(=O)n1. The van der Waals surface area contributed by atoms with Crippen molar-refractivity contribution in [3.8, 4) is 0 Å². The van der Waals surface area contributed by atoms with Gasteiger partial charge in [-0.3, -0.25) is 9.36 Å². The molecule has 2 heterocycles. The Hall–Kier alpha value is -3.03. The third kappa shape index (κ3) is 5.23. The van der Waals surface area contributed by atoms with E-state index in [1.54, 1.807) is 30.3 Å². The molecule has 1 amide bonds. The summed E-state index contributed by atoms with van der Waals surface area (Å²) in [5.74, 6) is 0.358. The molecule has 0 unspecified atom stereocenters. The molecular formula is C17H22N6O2. The zero-order valence-electron chi connectivity index (χ0n) is 14.9. The summed E-state index contributed by atoms with van der Waals surface area (Å²) in [6, 6.07) is 1.83. The third-order valence-electron chi connectivity index (χ3n) is 3.47. The lowest BCUT2D eigenvalue weighted by atomic mass is 10.3. The number of aryl methyl sites for hydroxylation is 2. The van der Waals surface area contributed by atoms with Gasteiger partial charge in [0.15, 0.2) is 0 Å². The van der Waals surface area contributed by atoms with Crippen LogP contribution >= 0.6 is 0 Å². The second-order valence-electron chi connectivity index (χ2n) is 5.81. The van der Waals surface area contributed by atoms with Crippen molar-refractivity contribution in [3.05, 3.63) is 52.0 Å². The predicted molar refractivity (Wildman–Crippen MR) is 96.4 cm³/mol. The molecule has 0 atom stereocenters. The first-order valence-corrected chi connectivity index (χ1v) is 7.87. The Morgan fingerprint density at radius 3 is 2.56 bits per heavy atom. The molecule has 2 aromatic heterocycles. The summed E-state index contributed by atoms with van der Waals surface area (Å²) in [7, 11) is 3.71. The Morgan fingerprint density at radius 1 is 1.28 bits per heavy atom. The van der Waals surface area contributed by atoms with E-state index in [-0.39, 0.29) is 11.6 Å². The van der Waals surface area contributed by atoms with Crippen molar-refractivity contribution in [2.75, 3.05) is 25.5 Å². The Morgan fingerprint density at radius 2 is 1.96 bits per heavy atom. The minimum absolute atomic E-state index is 0.248. The van der Waals surface area contributed by atoms with E-state index >= 15 is 0 Å². The Balaban J connectivity index is 1.87. The summed E-state index contributed by atoms with van der Waals surface area (Å²) in [6.45, 7) is 4.33. The van der Waals surface area contributed by atoms with Crippen LogP contribution in [0, 0.1) is 13.8 Å². The van der Waals surface area contributed by atoms with Crippen LogP contribution in [0.15, 0.2) is 29.3 Å². The van der Waals surface area contributed by atoms with Gasteiger partial charge >= 0.3 is 5.69 Å². The number of aromatic nitrogens is 4. The average molecular weight is 342 g/mol. The first-order chi connectivity index (χ1) is 11.9. The quantitative estimate of drug-likeness (QED) is 0.771. The van der Waals surface area contributed by atoms with Crippen LogP contribution < -0.4 is 15.9 Å². The fraction of sp³-hybridized carbons (Fsp3) is 0.353. The van der Waals surface area contributed by atoms with Crippen LogP contribution in [-0.4, -0.2) is 46.1 Å². The van der Waals surface area contributed by atoms with Crippen molar-refractivity contribution in [2.24, 2.45) is 0 Å². The summed E-state index contributed by atoms with van der Waals surface area (Å²) in [5.41, 5.74) is 1.93. The first-order valence-electron chi connectivity index (χ1n) is 7.87. The van der Waals surface area contributed by atoms with Crippen LogP contribution in [0.1, 0.15) is 17.0 Å². The van der Waals surface area contributed by atoms with Gasteiger partial charge in [-0.2, -0.15) is 4.98 Å². The standard InChI is InChI=1S/C17H22N6O2/c1-12-9-13(2)23(17(25)21-12)8-7-18-15(24)6-5-14-10-19-16(20-11-14)22(3)4/h5-6,9-11H,7-8H2,1-4H3,(H,18,24). The number of nitrogens with zero attached hydrogens (tertiary/aromatic N) is 5. The molecule has 0 aliphatic heterocycles. The molecule has 0 saturated carbocycles.